The molecule has 2 nitrogen and oxygen atoms in total. The van der Waals surface area contributed by atoms with Gasteiger partial charge in [0.15, 0.2) is 0 Å². The first-order chi connectivity index (χ1) is 7.88. The fourth-order valence-corrected chi connectivity index (χ4v) is 3.09. The summed E-state index contributed by atoms with van der Waals surface area (Å²) in [6.07, 6.45) is 1.34. The summed E-state index contributed by atoms with van der Waals surface area (Å²) in [4.78, 5) is 0. The lowest BCUT2D eigenvalue weighted by Gasteiger charge is -2.07. The Hall–Kier alpha value is -0.670. The molecular formula is C13H19NOS. The zero-order valence-electron chi connectivity index (χ0n) is 9.74. The van der Waals surface area contributed by atoms with Gasteiger partial charge in [-0.15, -0.1) is 0 Å². The molecule has 0 aromatic heterocycles. The molecule has 1 aromatic rings. The molecule has 1 heterocycles. The van der Waals surface area contributed by atoms with Crippen LogP contribution < -0.4 is 10.1 Å². The van der Waals surface area contributed by atoms with E-state index in [2.05, 4.69) is 17.4 Å². The summed E-state index contributed by atoms with van der Waals surface area (Å²) in [7, 11) is 1.71. The lowest BCUT2D eigenvalue weighted by Crippen LogP contribution is -2.10. The Bertz CT molecular complexity index is 306. The maximum Gasteiger partial charge on any atom is 0.118 e. The third-order valence-electron chi connectivity index (χ3n) is 2.94. The number of nitrogens with one attached hydrogen (secondary N) is 1. The van der Waals surface area contributed by atoms with Crippen LogP contribution in [0.5, 0.6) is 5.75 Å². The van der Waals surface area contributed by atoms with Gasteiger partial charge in [0.05, 0.1) is 7.11 Å². The SMILES string of the molecule is COc1ccc(CSCC2CCNC2)cc1. The minimum Gasteiger partial charge on any atom is -0.497 e. The van der Waals surface area contributed by atoms with Crippen LogP contribution in [0.4, 0.5) is 0 Å². The molecule has 1 atom stereocenters. The van der Waals surface area contributed by atoms with E-state index in [1.807, 2.05) is 23.9 Å². The van der Waals surface area contributed by atoms with E-state index in [9.17, 15) is 0 Å². The zero-order valence-corrected chi connectivity index (χ0v) is 10.6. The fourth-order valence-electron chi connectivity index (χ4n) is 1.92. The van der Waals surface area contributed by atoms with Crippen LogP contribution in [0.2, 0.25) is 0 Å². The van der Waals surface area contributed by atoms with Crippen molar-refractivity contribution in [3.63, 3.8) is 0 Å². The van der Waals surface area contributed by atoms with E-state index in [4.69, 9.17) is 4.74 Å². The van der Waals surface area contributed by atoms with Gasteiger partial charge in [-0.1, -0.05) is 12.1 Å². The Balaban J connectivity index is 1.71. The van der Waals surface area contributed by atoms with Crippen LogP contribution in [-0.4, -0.2) is 26.0 Å². The highest BCUT2D eigenvalue weighted by Crippen LogP contribution is 2.20. The summed E-state index contributed by atoms with van der Waals surface area (Å²) >= 11 is 2.04. The Morgan fingerprint density at radius 3 is 2.81 bits per heavy atom. The van der Waals surface area contributed by atoms with Crippen molar-refractivity contribution in [1.82, 2.24) is 5.32 Å². The molecule has 1 N–H and O–H groups in total. The monoisotopic (exact) mass is 237 g/mol. The predicted molar refractivity (Wildman–Crippen MR) is 70.1 cm³/mol. The second-order valence-corrected chi connectivity index (χ2v) is 5.25. The van der Waals surface area contributed by atoms with Crippen LogP contribution in [0.15, 0.2) is 24.3 Å². The third-order valence-corrected chi connectivity index (χ3v) is 4.19. The predicted octanol–water partition coefficient (Wildman–Crippen LogP) is 2.54. The minimum absolute atomic E-state index is 0.878. The van der Waals surface area contributed by atoms with Gasteiger partial charge in [-0.25, -0.2) is 0 Å². The van der Waals surface area contributed by atoms with Crippen LogP contribution in [0.3, 0.4) is 0 Å². The van der Waals surface area contributed by atoms with Gasteiger partial charge in [-0.2, -0.15) is 11.8 Å². The molecule has 88 valence electrons. The highest BCUT2D eigenvalue weighted by atomic mass is 32.2. The fraction of sp³-hybridized carbons (Fsp3) is 0.538. The Morgan fingerprint density at radius 2 is 2.19 bits per heavy atom. The second kappa shape index (κ2) is 6.16. The average Bonchev–Trinajstić information content (AvgIpc) is 2.83. The molecule has 1 aliphatic heterocycles. The number of benzene rings is 1. The normalized spacial score (nSPS) is 19.9. The molecule has 2 rings (SSSR count). The maximum absolute atomic E-state index is 5.14. The van der Waals surface area contributed by atoms with Crippen LogP contribution >= 0.6 is 11.8 Å². The van der Waals surface area contributed by atoms with Crippen molar-refractivity contribution < 1.29 is 4.74 Å². The Kier molecular flexibility index (Phi) is 4.55. The van der Waals surface area contributed by atoms with E-state index >= 15 is 0 Å². The molecule has 1 saturated heterocycles. The van der Waals surface area contributed by atoms with E-state index in [1.165, 1.54) is 30.8 Å². The minimum atomic E-state index is 0.878. The van der Waals surface area contributed by atoms with Gasteiger partial charge in [-0.05, 0) is 48.9 Å². The molecule has 1 unspecified atom stereocenters. The summed E-state index contributed by atoms with van der Waals surface area (Å²) in [6.45, 7) is 2.41. The lowest BCUT2D eigenvalue weighted by molar-refractivity contribution is 0.414. The maximum atomic E-state index is 5.14. The quantitative estimate of drug-likeness (QED) is 0.850. The summed E-state index contributed by atoms with van der Waals surface area (Å²) < 4.78 is 5.14. The summed E-state index contributed by atoms with van der Waals surface area (Å²) in [6, 6.07) is 8.37. The first-order valence-corrected chi connectivity index (χ1v) is 6.95. The van der Waals surface area contributed by atoms with Crippen molar-refractivity contribution in [2.24, 2.45) is 5.92 Å². The Labute approximate surface area is 102 Å². The molecule has 1 aromatic carbocycles. The molecule has 0 saturated carbocycles. The first kappa shape index (κ1) is 11.8. The summed E-state index contributed by atoms with van der Waals surface area (Å²) in [5.74, 6) is 4.21. The lowest BCUT2D eigenvalue weighted by atomic mass is 10.2. The number of hydrogen-bond acceptors (Lipinski definition) is 3. The van der Waals surface area contributed by atoms with Crippen LogP contribution in [-0.2, 0) is 5.75 Å². The van der Waals surface area contributed by atoms with Gasteiger partial charge < -0.3 is 10.1 Å². The molecular weight excluding hydrogens is 218 g/mol. The molecule has 0 radical (unpaired) electrons. The van der Waals surface area contributed by atoms with E-state index in [1.54, 1.807) is 7.11 Å². The van der Waals surface area contributed by atoms with Gasteiger partial charge in [-0.3, -0.25) is 0 Å². The number of ether oxygens (including phenoxy) is 1. The van der Waals surface area contributed by atoms with Gasteiger partial charge in [0.1, 0.15) is 5.75 Å². The van der Waals surface area contributed by atoms with Gasteiger partial charge >= 0.3 is 0 Å². The molecule has 16 heavy (non-hydrogen) atoms. The van der Waals surface area contributed by atoms with Gasteiger partial charge in [0.25, 0.3) is 0 Å². The van der Waals surface area contributed by atoms with Crippen molar-refractivity contribution in [3.8, 4) is 5.75 Å². The van der Waals surface area contributed by atoms with E-state index in [-0.39, 0.29) is 0 Å². The van der Waals surface area contributed by atoms with Crippen LogP contribution in [0, 0.1) is 5.92 Å². The van der Waals surface area contributed by atoms with Crippen molar-refractivity contribution in [2.45, 2.75) is 12.2 Å². The molecule has 0 bridgehead atoms. The molecule has 0 aliphatic carbocycles. The topological polar surface area (TPSA) is 21.3 Å². The van der Waals surface area contributed by atoms with Crippen LogP contribution in [0.25, 0.3) is 0 Å². The molecule has 0 amide bonds. The first-order valence-electron chi connectivity index (χ1n) is 5.80. The molecule has 1 aliphatic rings. The number of hydrogen-bond donors (Lipinski definition) is 1. The van der Waals surface area contributed by atoms with Gasteiger partial charge in [0, 0.05) is 5.75 Å². The standard InChI is InChI=1S/C13H19NOS/c1-15-13-4-2-11(3-5-13)9-16-10-12-6-7-14-8-12/h2-5,12,14H,6-10H2,1H3. The highest BCUT2D eigenvalue weighted by Gasteiger charge is 2.13. The second-order valence-electron chi connectivity index (χ2n) is 4.22. The van der Waals surface area contributed by atoms with Crippen molar-refractivity contribution in [1.29, 1.82) is 0 Å². The van der Waals surface area contributed by atoms with E-state index in [0.717, 1.165) is 17.4 Å². The Morgan fingerprint density at radius 1 is 1.38 bits per heavy atom. The number of methoxy groups -OCH3 is 1. The highest BCUT2D eigenvalue weighted by molar-refractivity contribution is 7.98. The molecule has 1 fully saturated rings. The van der Waals surface area contributed by atoms with E-state index in [0.29, 0.717) is 0 Å². The van der Waals surface area contributed by atoms with Crippen molar-refractivity contribution in [2.75, 3.05) is 26.0 Å². The average molecular weight is 237 g/mol. The smallest absolute Gasteiger partial charge is 0.118 e. The summed E-state index contributed by atoms with van der Waals surface area (Å²) in [5.41, 5.74) is 1.39. The van der Waals surface area contributed by atoms with E-state index < -0.39 is 0 Å². The third kappa shape index (κ3) is 3.42. The largest absolute Gasteiger partial charge is 0.497 e. The molecule has 3 heteroatoms. The van der Waals surface area contributed by atoms with Crippen LogP contribution in [0.1, 0.15) is 12.0 Å². The van der Waals surface area contributed by atoms with Crippen molar-refractivity contribution in [3.05, 3.63) is 29.8 Å². The van der Waals surface area contributed by atoms with Crippen molar-refractivity contribution >= 4 is 11.8 Å². The zero-order chi connectivity index (χ0) is 11.2. The molecule has 0 spiro atoms. The van der Waals surface area contributed by atoms with Gasteiger partial charge in [0.2, 0.25) is 0 Å². The number of thioether (sulfide) groups is 1. The summed E-state index contributed by atoms with van der Waals surface area (Å²) in [5, 5.41) is 3.41. The number of rotatable bonds is 5.